The van der Waals surface area contributed by atoms with E-state index in [4.69, 9.17) is 9.84 Å². The first-order valence-electron chi connectivity index (χ1n) is 29.0. The van der Waals surface area contributed by atoms with Crippen molar-refractivity contribution in [2.75, 3.05) is 7.11 Å². The summed E-state index contributed by atoms with van der Waals surface area (Å²) < 4.78 is 68.6. The minimum Gasteiger partial charge on any atom is -0.496 e. The number of benzene rings is 9. The van der Waals surface area contributed by atoms with E-state index in [9.17, 15) is 42.2 Å². The van der Waals surface area contributed by atoms with Gasteiger partial charge in [-0.15, -0.1) is 0 Å². The number of aromatic carboxylic acids is 3. The van der Waals surface area contributed by atoms with Crippen LogP contribution in [-0.4, -0.2) is 72.7 Å². The number of fused-ring (bicyclic) bond motifs is 6. The van der Waals surface area contributed by atoms with Gasteiger partial charge in [-0.1, -0.05) is 30.3 Å². The Morgan fingerprint density at radius 3 is 1.13 bits per heavy atom. The highest BCUT2D eigenvalue weighted by Gasteiger charge is 2.27. The first-order chi connectivity index (χ1) is 43.8. The SMILES string of the molecule is COc1cc(C(=O)O)ccc1-c1c(C)n(-c2cccc(F)c2)c2cc3c(cc12)CN=C3.Cc1c(-c2ccc(C(=O)O)cc2F)c2cc3c(cc2n1-c1cccc(F)c1)C=NC3.Cc1cc(C(=O)O)ccc1-c1c(C)n(-c2cccc(F)c2)c2cc3c(cc12)CN=C3. The van der Waals surface area contributed by atoms with Gasteiger partial charge in [0.25, 0.3) is 0 Å². The largest absolute Gasteiger partial charge is 0.496 e. The maximum Gasteiger partial charge on any atom is 0.335 e. The first-order valence-corrected chi connectivity index (χ1v) is 29.0. The highest BCUT2D eigenvalue weighted by molar-refractivity contribution is 6.07. The Labute approximate surface area is 518 Å². The van der Waals surface area contributed by atoms with E-state index >= 15 is 0 Å². The number of rotatable bonds is 10. The molecule has 17 heteroatoms. The van der Waals surface area contributed by atoms with Crippen molar-refractivity contribution in [3.63, 3.8) is 0 Å². The lowest BCUT2D eigenvalue weighted by molar-refractivity contribution is 0.0685. The van der Waals surface area contributed by atoms with Crippen LogP contribution in [0.5, 0.6) is 5.75 Å². The molecule has 6 heterocycles. The van der Waals surface area contributed by atoms with Crippen LogP contribution in [0.2, 0.25) is 0 Å². The van der Waals surface area contributed by atoms with Gasteiger partial charge >= 0.3 is 17.9 Å². The molecule has 0 aliphatic carbocycles. The number of methoxy groups -OCH3 is 1. The molecular formula is C74H54F4N6O7. The van der Waals surface area contributed by atoms with Gasteiger partial charge in [0, 0.05) is 96.8 Å². The Kier molecular flexibility index (Phi) is 15.0. The van der Waals surface area contributed by atoms with Crippen LogP contribution in [0.15, 0.2) is 179 Å². The van der Waals surface area contributed by atoms with Crippen molar-refractivity contribution in [1.29, 1.82) is 0 Å². The summed E-state index contributed by atoms with van der Waals surface area (Å²) in [7, 11) is 1.52. The van der Waals surface area contributed by atoms with Crippen LogP contribution in [0, 0.1) is 51.0 Å². The van der Waals surface area contributed by atoms with Gasteiger partial charge < -0.3 is 33.8 Å². The molecule has 0 fully saturated rings. The molecule has 3 aliphatic rings. The van der Waals surface area contributed by atoms with Crippen molar-refractivity contribution >= 4 is 69.3 Å². The van der Waals surface area contributed by atoms with E-state index in [1.807, 2.05) is 79.6 Å². The number of carboxylic acids is 3. The normalized spacial score (nSPS) is 12.5. The van der Waals surface area contributed by atoms with E-state index in [-0.39, 0.29) is 34.1 Å². The molecule has 0 amide bonds. The summed E-state index contributed by atoms with van der Waals surface area (Å²) in [6.07, 6.45) is 5.53. The Bertz CT molecular complexity index is 4970. The van der Waals surface area contributed by atoms with Gasteiger partial charge in [-0.3, -0.25) is 15.0 Å². The molecule has 0 saturated heterocycles. The number of aromatic nitrogens is 3. The molecular weight excluding hydrogens is 1160 g/mol. The minimum atomic E-state index is -1.19. The fourth-order valence-corrected chi connectivity index (χ4v) is 12.9. The Morgan fingerprint density at radius 1 is 0.418 bits per heavy atom. The Balaban J connectivity index is 0.000000125. The highest BCUT2D eigenvalue weighted by atomic mass is 19.1. The monoisotopic (exact) mass is 1210 g/mol. The van der Waals surface area contributed by atoms with Crippen molar-refractivity contribution in [1.82, 2.24) is 13.7 Å². The summed E-state index contributed by atoms with van der Waals surface area (Å²) >= 11 is 0. The van der Waals surface area contributed by atoms with Crippen molar-refractivity contribution in [3.8, 4) is 56.2 Å². The second-order valence-electron chi connectivity index (χ2n) is 22.5. The highest BCUT2D eigenvalue weighted by Crippen LogP contribution is 2.45. The lowest BCUT2D eigenvalue weighted by Crippen LogP contribution is -1.99. The molecule has 0 unspecified atom stereocenters. The fourth-order valence-electron chi connectivity index (χ4n) is 12.9. The molecule has 15 rings (SSSR count). The average molecular weight is 1220 g/mol. The number of aliphatic imine (C=N–C) groups is 3. The molecule has 0 radical (unpaired) electrons. The van der Waals surface area contributed by atoms with E-state index in [0.29, 0.717) is 47.9 Å². The third kappa shape index (κ3) is 10.5. The number of hydrogen-bond donors (Lipinski definition) is 3. The van der Waals surface area contributed by atoms with Gasteiger partial charge in [-0.2, -0.15) is 0 Å². The van der Waals surface area contributed by atoms with Crippen LogP contribution in [0.3, 0.4) is 0 Å². The molecule has 13 nitrogen and oxygen atoms in total. The molecule has 0 saturated carbocycles. The summed E-state index contributed by atoms with van der Waals surface area (Å²) in [6.45, 7) is 9.58. The van der Waals surface area contributed by atoms with E-state index in [1.54, 1.807) is 54.7 Å². The average Bonchev–Trinajstić information content (AvgIpc) is 1.62. The number of nitrogens with zero attached hydrogens (tertiary/aromatic N) is 6. The van der Waals surface area contributed by atoms with Crippen molar-refractivity contribution < 1.29 is 52.0 Å². The standard InChI is InChI=1S/C25H19FN2O3.C25H19FN2O2.C24H16F2N2O2/c1-14-24(20-7-6-15(25(29)30)10-23(20)31-2)21-8-16-12-27-13-17(16)9-22(21)28(14)19-5-3-4-18(26)11-19;1-14-8-16(25(29)30)6-7-21(14)24-15(2)28(20-5-3-4-19(26)11-20)23-10-18-13-27-12-17(18)9-22(23)24;1-13-23(19-6-5-14(24(29)30)8-21(19)26)20-7-15-11-27-12-16(15)9-22(20)28(13)18-4-2-3-17(25)10-18/h3-11,13H,12H2,1-2H3,(H,29,30);3-11,13H,12H2,1-2H3,(H,29,30);2-10,12H,11H2,1H3,(H,29,30). The maximum atomic E-state index is 15.0. The van der Waals surface area contributed by atoms with E-state index in [0.717, 1.165) is 123 Å². The Morgan fingerprint density at radius 2 is 0.769 bits per heavy atom. The first kappa shape index (κ1) is 58.6. The Hall–Kier alpha value is -11.5. The zero-order valence-corrected chi connectivity index (χ0v) is 49.6. The molecule has 3 aliphatic heterocycles. The summed E-state index contributed by atoms with van der Waals surface area (Å²) in [6, 6.07) is 45.6. The van der Waals surface area contributed by atoms with Gasteiger partial charge in [-0.05, 0) is 206 Å². The molecule has 3 aromatic heterocycles. The topological polar surface area (TPSA) is 173 Å². The molecule has 0 atom stereocenters. The zero-order valence-electron chi connectivity index (χ0n) is 49.6. The molecule has 91 heavy (non-hydrogen) atoms. The van der Waals surface area contributed by atoms with E-state index in [2.05, 4.69) is 43.8 Å². The van der Waals surface area contributed by atoms with Gasteiger partial charge in [0.15, 0.2) is 0 Å². The van der Waals surface area contributed by atoms with Crippen LogP contribution < -0.4 is 4.74 Å². The van der Waals surface area contributed by atoms with Crippen LogP contribution in [-0.2, 0) is 19.6 Å². The maximum absolute atomic E-state index is 15.0. The minimum absolute atomic E-state index is 0.114. The van der Waals surface area contributed by atoms with Crippen LogP contribution in [0.4, 0.5) is 17.6 Å². The predicted molar refractivity (Wildman–Crippen MR) is 346 cm³/mol. The van der Waals surface area contributed by atoms with E-state index in [1.165, 1.54) is 61.7 Å². The summed E-state index contributed by atoms with van der Waals surface area (Å²) in [5.41, 5.74) is 19.6. The summed E-state index contributed by atoms with van der Waals surface area (Å²) in [5.74, 6) is -4.26. The van der Waals surface area contributed by atoms with Crippen LogP contribution >= 0.6 is 0 Å². The fraction of sp³-hybridized carbons (Fsp3) is 0.108. The lowest BCUT2D eigenvalue weighted by Gasteiger charge is -2.12. The zero-order chi connectivity index (χ0) is 63.7. The van der Waals surface area contributed by atoms with Gasteiger partial charge in [-0.25, -0.2) is 31.9 Å². The molecule has 0 bridgehead atoms. The summed E-state index contributed by atoms with van der Waals surface area (Å²) in [4.78, 5) is 47.1. The molecule has 0 spiro atoms. The second kappa shape index (κ2) is 23.2. The third-order valence-corrected chi connectivity index (χ3v) is 17.0. The number of halogens is 4. The lowest BCUT2D eigenvalue weighted by atomic mass is 9.95. The predicted octanol–water partition coefficient (Wildman–Crippen LogP) is 16.6. The van der Waals surface area contributed by atoms with Gasteiger partial charge in [0.05, 0.1) is 60.0 Å². The molecule has 12 aromatic rings. The number of carbonyl (C=O) groups is 3. The van der Waals surface area contributed by atoms with Crippen molar-refractivity contribution in [2.45, 2.75) is 47.3 Å². The van der Waals surface area contributed by atoms with Crippen LogP contribution in [0.1, 0.15) is 87.1 Å². The number of carboxylic acid groups (broad SMARTS) is 3. The molecule has 9 aromatic carbocycles. The summed E-state index contributed by atoms with van der Waals surface area (Å²) in [5, 5.41) is 30.7. The quantitative estimate of drug-likeness (QED) is 0.114. The van der Waals surface area contributed by atoms with Crippen molar-refractivity contribution in [2.24, 2.45) is 15.0 Å². The second-order valence-corrected chi connectivity index (χ2v) is 22.5. The third-order valence-electron chi connectivity index (χ3n) is 17.0. The number of aryl methyl sites for hydroxylation is 1. The molecule has 450 valence electrons. The van der Waals surface area contributed by atoms with Crippen molar-refractivity contribution in [3.05, 3.63) is 260 Å². The molecule has 3 N–H and O–H groups in total. The van der Waals surface area contributed by atoms with Gasteiger partial charge in [0.2, 0.25) is 0 Å². The smallest absolute Gasteiger partial charge is 0.335 e. The van der Waals surface area contributed by atoms with E-state index < -0.39 is 23.7 Å². The van der Waals surface area contributed by atoms with Gasteiger partial charge in [0.1, 0.15) is 29.0 Å². The number of ether oxygens (including phenoxy) is 1. The van der Waals surface area contributed by atoms with Crippen LogP contribution in [0.25, 0.3) is 83.2 Å². The number of hydrogen-bond acceptors (Lipinski definition) is 7.